The topological polar surface area (TPSA) is 13.1 Å². The molecule has 0 atom stereocenters. The number of fused-ring (bicyclic) bond motifs is 6. The lowest BCUT2D eigenvalue weighted by atomic mass is 9.77. The zero-order valence-electron chi connectivity index (χ0n) is 27.2. The Labute approximate surface area is 286 Å². The molecule has 2 aliphatic rings. The molecular weight excluding hydrogens is 593 g/mol. The zero-order chi connectivity index (χ0) is 32.9. The summed E-state index contributed by atoms with van der Waals surface area (Å²) in [4.78, 5) is 0. The molecule has 0 bridgehead atoms. The summed E-state index contributed by atoms with van der Waals surface area (Å²) in [6, 6.07) is 37.0. The molecule has 6 aromatic carbocycles. The van der Waals surface area contributed by atoms with Crippen LogP contribution in [0, 0.1) is 36.3 Å². The Morgan fingerprint density at radius 1 is 0.776 bits per heavy atom. The van der Waals surface area contributed by atoms with Gasteiger partial charge in [-0.15, -0.1) is 6.42 Å². The fourth-order valence-electron chi connectivity index (χ4n) is 7.74. The third kappa shape index (κ3) is 4.54. The third-order valence-corrected chi connectivity index (χ3v) is 9.80. The summed E-state index contributed by atoms with van der Waals surface area (Å²) >= 11 is 0. The van der Waals surface area contributed by atoms with Crippen LogP contribution in [0.3, 0.4) is 0 Å². The highest BCUT2D eigenvalue weighted by molar-refractivity contribution is 6.13. The molecule has 2 aliphatic carbocycles. The predicted octanol–water partition coefficient (Wildman–Crippen LogP) is 12.1. The fraction of sp³-hybridized carbons (Fsp3) is 0.0833. The molecule has 9 rings (SSSR count). The first-order valence-corrected chi connectivity index (χ1v) is 16.8. The maximum atomic E-state index is 6.28. The van der Waals surface area contributed by atoms with Gasteiger partial charge in [-0.1, -0.05) is 127 Å². The highest BCUT2D eigenvalue weighted by atomic mass is 16.3. The molecule has 0 amide bonds. The first-order valence-electron chi connectivity index (χ1n) is 16.8. The van der Waals surface area contributed by atoms with Gasteiger partial charge in [0.2, 0.25) is 0 Å². The van der Waals surface area contributed by atoms with Crippen LogP contribution in [-0.2, 0) is 6.42 Å². The average Bonchev–Trinajstić information content (AvgIpc) is 3.35. The standard InChI is InChI=1S/C48H30O/c1-3-16-36-33(4-2)34-18-7-5-6-17-31(34)30-44(36)48-41-24-12-10-22-39(41)47(40-23-11-13-25-42(40)48)38-21-9-8-19-35(38)32-27-28-46-43(29-32)37-20-14-15-26-45(37)49-46/h2-3,6,8-10,12-17,19-22,24-26,29-30H,5,11,23H2,1H3/b16-3-. The van der Waals surface area contributed by atoms with E-state index in [1.54, 1.807) is 0 Å². The second-order valence-corrected chi connectivity index (χ2v) is 12.6. The molecule has 0 unspecified atom stereocenters. The minimum Gasteiger partial charge on any atom is -0.447 e. The molecule has 1 heteroatoms. The molecule has 0 spiro atoms. The lowest BCUT2D eigenvalue weighted by molar-refractivity contribution is 0.669. The van der Waals surface area contributed by atoms with Crippen LogP contribution >= 0.6 is 0 Å². The molecule has 1 heterocycles. The summed E-state index contributed by atoms with van der Waals surface area (Å²) < 4.78 is 6.11. The normalized spacial score (nSPS) is 13.1. The molecule has 7 aromatic rings. The van der Waals surface area contributed by atoms with Gasteiger partial charge in [0.1, 0.15) is 5.58 Å². The number of furan rings is 1. The van der Waals surface area contributed by atoms with Gasteiger partial charge >= 0.3 is 0 Å². The second-order valence-electron chi connectivity index (χ2n) is 12.6. The van der Waals surface area contributed by atoms with Crippen molar-refractivity contribution in [3.05, 3.63) is 149 Å². The van der Waals surface area contributed by atoms with Crippen LogP contribution < -0.4 is 0 Å². The van der Waals surface area contributed by atoms with Crippen LogP contribution in [-0.4, -0.2) is 0 Å². The molecule has 0 aliphatic heterocycles. The molecular formula is C48H30O. The van der Waals surface area contributed by atoms with Crippen LogP contribution in [0.25, 0.3) is 84.3 Å². The van der Waals surface area contributed by atoms with E-state index in [9.17, 15) is 0 Å². The van der Waals surface area contributed by atoms with Crippen LogP contribution in [0.4, 0.5) is 0 Å². The van der Waals surface area contributed by atoms with Crippen molar-refractivity contribution in [2.75, 3.05) is 0 Å². The van der Waals surface area contributed by atoms with Crippen molar-refractivity contribution in [3.63, 3.8) is 0 Å². The van der Waals surface area contributed by atoms with Crippen LogP contribution in [0.1, 0.15) is 53.1 Å². The number of benzene rings is 5. The minimum absolute atomic E-state index is 0.709. The first kappa shape index (κ1) is 28.7. The van der Waals surface area contributed by atoms with Crippen molar-refractivity contribution < 1.29 is 4.42 Å². The molecule has 228 valence electrons. The monoisotopic (exact) mass is 622 g/mol. The molecule has 1 aromatic heterocycles. The van der Waals surface area contributed by atoms with Crippen molar-refractivity contribution >= 4 is 50.9 Å². The SMILES string of the molecule is C#Cc1c2c(cc(-c3c4c(c(-c5ccccc5-c5c#cc6oc7ccccc7c6c5)c5ccccc35)CCC=C4)c1/C=C\C)C=CCC#C2. The van der Waals surface area contributed by atoms with E-state index in [2.05, 4.69) is 139 Å². The van der Waals surface area contributed by atoms with Gasteiger partial charge in [0.25, 0.3) is 0 Å². The Morgan fingerprint density at radius 3 is 2.39 bits per heavy atom. The van der Waals surface area contributed by atoms with E-state index >= 15 is 0 Å². The number of hydrogen-bond acceptors (Lipinski definition) is 1. The third-order valence-electron chi connectivity index (χ3n) is 9.80. The molecule has 49 heavy (non-hydrogen) atoms. The summed E-state index contributed by atoms with van der Waals surface area (Å²) in [6.07, 6.45) is 22.1. The number of allylic oxidation sites excluding steroid dienone is 3. The number of hydrogen-bond donors (Lipinski definition) is 0. The summed E-state index contributed by atoms with van der Waals surface area (Å²) in [5.41, 5.74) is 15.0. The first-order chi connectivity index (χ1) is 24.2. The number of terminal acetylenes is 1. The van der Waals surface area contributed by atoms with Gasteiger partial charge in [0.15, 0.2) is 5.58 Å². The second kappa shape index (κ2) is 11.7. The van der Waals surface area contributed by atoms with Gasteiger partial charge in [0.05, 0.1) is 0 Å². The summed E-state index contributed by atoms with van der Waals surface area (Å²) in [5, 5.41) is 4.55. The zero-order valence-corrected chi connectivity index (χ0v) is 27.2. The molecule has 0 saturated carbocycles. The van der Waals surface area contributed by atoms with Crippen molar-refractivity contribution in [1.29, 1.82) is 0 Å². The van der Waals surface area contributed by atoms with E-state index in [4.69, 9.17) is 10.8 Å². The summed E-state index contributed by atoms with van der Waals surface area (Å²) in [7, 11) is 0. The minimum atomic E-state index is 0.709. The van der Waals surface area contributed by atoms with Gasteiger partial charge in [-0.05, 0) is 105 Å². The predicted molar refractivity (Wildman–Crippen MR) is 206 cm³/mol. The quantitative estimate of drug-likeness (QED) is 0.178. The van der Waals surface area contributed by atoms with Crippen molar-refractivity contribution in [2.45, 2.75) is 26.2 Å². The maximum Gasteiger partial charge on any atom is 0.185 e. The Morgan fingerprint density at radius 2 is 1.55 bits per heavy atom. The summed E-state index contributed by atoms with van der Waals surface area (Å²) in [5.74, 6) is 9.69. The van der Waals surface area contributed by atoms with E-state index in [1.165, 1.54) is 38.6 Å². The smallest absolute Gasteiger partial charge is 0.185 e. The molecule has 0 saturated heterocycles. The summed E-state index contributed by atoms with van der Waals surface area (Å²) in [6.45, 7) is 2.05. The van der Waals surface area contributed by atoms with E-state index in [0.29, 0.717) is 6.42 Å². The van der Waals surface area contributed by atoms with E-state index < -0.39 is 0 Å². The van der Waals surface area contributed by atoms with Crippen molar-refractivity contribution in [2.24, 2.45) is 0 Å². The highest BCUT2D eigenvalue weighted by Gasteiger charge is 2.26. The number of rotatable bonds is 4. The Bertz CT molecular complexity index is 2710. The van der Waals surface area contributed by atoms with Crippen LogP contribution in [0.15, 0.2) is 108 Å². The Kier molecular flexibility index (Phi) is 6.83. The van der Waals surface area contributed by atoms with E-state index in [1.807, 2.05) is 19.1 Å². The van der Waals surface area contributed by atoms with Gasteiger partial charge in [-0.2, -0.15) is 0 Å². The van der Waals surface area contributed by atoms with E-state index in [0.717, 1.165) is 73.7 Å². The van der Waals surface area contributed by atoms with Crippen molar-refractivity contribution in [3.8, 4) is 57.6 Å². The van der Waals surface area contributed by atoms with Gasteiger partial charge in [0, 0.05) is 33.9 Å². The molecule has 0 fully saturated rings. The van der Waals surface area contributed by atoms with Gasteiger partial charge < -0.3 is 4.42 Å². The molecule has 0 radical (unpaired) electrons. The van der Waals surface area contributed by atoms with Crippen LogP contribution in [0.2, 0.25) is 0 Å². The van der Waals surface area contributed by atoms with Crippen molar-refractivity contribution in [1.82, 2.24) is 0 Å². The molecule has 1 nitrogen and oxygen atoms in total. The lowest BCUT2D eigenvalue weighted by Gasteiger charge is -2.26. The Hall–Kier alpha value is -6.46. The molecule has 0 N–H and O–H groups in total. The van der Waals surface area contributed by atoms with E-state index in [-0.39, 0.29) is 0 Å². The maximum absolute atomic E-state index is 6.28. The Balaban J connectivity index is 1.36. The average molecular weight is 623 g/mol. The van der Waals surface area contributed by atoms with Crippen LogP contribution in [0.5, 0.6) is 0 Å². The largest absolute Gasteiger partial charge is 0.447 e. The lowest BCUT2D eigenvalue weighted by Crippen LogP contribution is -2.05. The fourth-order valence-corrected chi connectivity index (χ4v) is 7.74. The van der Waals surface area contributed by atoms with Gasteiger partial charge in [-0.3, -0.25) is 0 Å². The number of para-hydroxylation sites is 1. The van der Waals surface area contributed by atoms with Gasteiger partial charge in [-0.25, -0.2) is 0 Å². The highest BCUT2D eigenvalue weighted by Crippen LogP contribution is 2.48.